The molecule has 1 aromatic carbocycles. The highest BCUT2D eigenvalue weighted by Crippen LogP contribution is 2.25. The molecule has 1 aliphatic rings. The van der Waals surface area contributed by atoms with Crippen LogP contribution < -0.4 is 5.32 Å². The fraction of sp³-hybridized carbons (Fsp3) is 0.571. The van der Waals surface area contributed by atoms with Crippen molar-refractivity contribution in [3.05, 3.63) is 28.2 Å². The van der Waals surface area contributed by atoms with E-state index in [1.807, 2.05) is 0 Å². The molecule has 17 heavy (non-hydrogen) atoms. The van der Waals surface area contributed by atoms with Gasteiger partial charge in [-0.3, -0.25) is 0 Å². The zero-order chi connectivity index (χ0) is 12.3. The molecule has 0 spiro atoms. The van der Waals surface area contributed by atoms with E-state index in [-0.39, 0.29) is 12.1 Å². The third-order valence-electron chi connectivity index (χ3n) is 3.50. The Morgan fingerprint density at radius 1 is 1.24 bits per heavy atom. The number of halogens is 1. The summed E-state index contributed by atoms with van der Waals surface area (Å²) >= 11 is 3.54. The van der Waals surface area contributed by atoms with E-state index in [9.17, 15) is 5.11 Å². The molecule has 2 rings (SSSR count). The van der Waals surface area contributed by atoms with E-state index in [0.717, 1.165) is 29.4 Å². The third kappa shape index (κ3) is 3.46. The smallest absolute Gasteiger partial charge is 0.0741 e. The number of aliphatic hydroxyl groups is 1. The van der Waals surface area contributed by atoms with E-state index in [1.54, 1.807) is 0 Å². The summed E-state index contributed by atoms with van der Waals surface area (Å²) in [5.41, 5.74) is 2.32. The topological polar surface area (TPSA) is 32.3 Å². The number of benzene rings is 1. The molecule has 94 valence electrons. The number of aryl methyl sites for hydroxylation is 1. The van der Waals surface area contributed by atoms with Crippen LogP contribution in [0, 0.1) is 6.92 Å². The average molecular weight is 298 g/mol. The van der Waals surface area contributed by atoms with Crippen LogP contribution in [0.2, 0.25) is 0 Å². The normalized spacial score (nSPS) is 25.4. The van der Waals surface area contributed by atoms with Gasteiger partial charge in [0.25, 0.3) is 0 Å². The lowest BCUT2D eigenvalue weighted by Gasteiger charge is -2.23. The van der Waals surface area contributed by atoms with Gasteiger partial charge in [0.15, 0.2) is 0 Å². The van der Waals surface area contributed by atoms with Gasteiger partial charge in [-0.2, -0.15) is 0 Å². The van der Waals surface area contributed by atoms with Crippen LogP contribution in [0.15, 0.2) is 22.7 Å². The van der Waals surface area contributed by atoms with Gasteiger partial charge in [-0.25, -0.2) is 0 Å². The molecule has 0 radical (unpaired) electrons. The number of hydrogen-bond acceptors (Lipinski definition) is 2. The van der Waals surface area contributed by atoms with Gasteiger partial charge in [-0.05, 0) is 37.5 Å². The molecule has 0 amide bonds. The number of aliphatic hydroxyl groups excluding tert-OH is 1. The first kappa shape index (κ1) is 12.9. The van der Waals surface area contributed by atoms with Crippen molar-refractivity contribution in [2.75, 3.05) is 5.32 Å². The highest BCUT2D eigenvalue weighted by molar-refractivity contribution is 9.10. The Bertz CT molecular complexity index is 380. The number of rotatable bonds is 2. The summed E-state index contributed by atoms with van der Waals surface area (Å²) in [7, 11) is 0. The van der Waals surface area contributed by atoms with E-state index in [1.165, 1.54) is 18.4 Å². The Balaban J connectivity index is 2.05. The van der Waals surface area contributed by atoms with Crippen LogP contribution in [0.4, 0.5) is 5.69 Å². The van der Waals surface area contributed by atoms with Gasteiger partial charge in [-0.15, -0.1) is 0 Å². The molecule has 1 saturated carbocycles. The van der Waals surface area contributed by atoms with Gasteiger partial charge in [0.1, 0.15) is 0 Å². The summed E-state index contributed by atoms with van der Waals surface area (Å²) in [6, 6.07) is 6.47. The van der Waals surface area contributed by atoms with E-state index in [2.05, 4.69) is 46.4 Å². The van der Waals surface area contributed by atoms with Crippen LogP contribution in [-0.2, 0) is 0 Å². The van der Waals surface area contributed by atoms with Gasteiger partial charge in [-0.1, -0.05) is 41.3 Å². The second-order valence-corrected chi connectivity index (χ2v) is 5.77. The van der Waals surface area contributed by atoms with Crippen molar-refractivity contribution in [1.82, 2.24) is 0 Å². The Morgan fingerprint density at radius 3 is 2.76 bits per heavy atom. The maximum absolute atomic E-state index is 10.1. The molecule has 0 aliphatic heterocycles. The summed E-state index contributed by atoms with van der Waals surface area (Å²) in [5, 5.41) is 13.5. The molecule has 2 unspecified atom stereocenters. The monoisotopic (exact) mass is 297 g/mol. The lowest BCUT2D eigenvalue weighted by Crippen LogP contribution is -2.32. The second kappa shape index (κ2) is 5.87. The molecule has 1 aromatic rings. The zero-order valence-electron chi connectivity index (χ0n) is 10.2. The van der Waals surface area contributed by atoms with Crippen LogP contribution in [0.3, 0.4) is 0 Å². The van der Waals surface area contributed by atoms with Gasteiger partial charge in [0, 0.05) is 10.2 Å². The third-order valence-corrected chi connectivity index (χ3v) is 4.36. The molecule has 0 heterocycles. The summed E-state index contributed by atoms with van der Waals surface area (Å²) < 4.78 is 1.12. The van der Waals surface area contributed by atoms with Crippen molar-refractivity contribution in [3.63, 3.8) is 0 Å². The molecule has 1 aliphatic carbocycles. The van der Waals surface area contributed by atoms with Crippen LogP contribution in [-0.4, -0.2) is 17.3 Å². The van der Waals surface area contributed by atoms with Crippen LogP contribution in [0.1, 0.15) is 37.7 Å². The molecular weight excluding hydrogens is 278 g/mol. The van der Waals surface area contributed by atoms with Crippen molar-refractivity contribution in [2.24, 2.45) is 0 Å². The van der Waals surface area contributed by atoms with Gasteiger partial charge >= 0.3 is 0 Å². The average Bonchev–Trinajstić information content (AvgIpc) is 2.50. The standard InChI is InChI=1S/C14H20BrNO/c1-10-7-8-11(9-12(10)15)16-13-5-3-2-4-6-14(13)17/h7-9,13-14,16-17H,2-6H2,1H3. The Labute approximate surface area is 112 Å². The lowest BCUT2D eigenvalue weighted by molar-refractivity contribution is 0.144. The van der Waals surface area contributed by atoms with E-state index in [0.29, 0.717) is 0 Å². The van der Waals surface area contributed by atoms with E-state index >= 15 is 0 Å². The zero-order valence-corrected chi connectivity index (χ0v) is 11.8. The highest BCUT2D eigenvalue weighted by Gasteiger charge is 2.21. The molecule has 3 heteroatoms. The maximum Gasteiger partial charge on any atom is 0.0741 e. The fourth-order valence-corrected chi connectivity index (χ4v) is 2.73. The molecular formula is C14H20BrNO. The van der Waals surface area contributed by atoms with Gasteiger partial charge < -0.3 is 10.4 Å². The molecule has 0 bridgehead atoms. The molecule has 0 saturated heterocycles. The SMILES string of the molecule is Cc1ccc(NC2CCCCCC2O)cc1Br. The Morgan fingerprint density at radius 2 is 2.00 bits per heavy atom. The summed E-state index contributed by atoms with van der Waals surface area (Å²) in [5.74, 6) is 0. The van der Waals surface area contributed by atoms with E-state index in [4.69, 9.17) is 0 Å². The highest BCUT2D eigenvalue weighted by atomic mass is 79.9. The van der Waals surface area contributed by atoms with Crippen molar-refractivity contribution < 1.29 is 5.11 Å². The molecule has 2 N–H and O–H groups in total. The first-order chi connectivity index (χ1) is 8.16. The van der Waals surface area contributed by atoms with Crippen LogP contribution in [0.5, 0.6) is 0 Å². The summed E-state index contributed by atoms with van der Waals surface area (Å²) in [6.07, 6.45) is 5.38. The summed E-state index contributed by atoms with van der Waals surface area (Å²) in [6.45, 7) is 2.08. The fourth-order valence-electron chi connectivity index (χ4n) is 2.35. The first-order valence-electron chi connectivity index (χ1n) is 6.37. The minimum absolute atomic E-state index is 0.201. The number of hydrogen-bond donors (Lipinski definition) is 2. The van der Waals surface area contributed by atoms with Crippen molar-refractivity contribution >= 4 is 21.6 Å². The number of anilines is 1. The van der Waals surface area contributed by atoms with Crippen molar-refractivity contribution in [3.8, 4) is 0 Å². The Hall–Kier alpha value is -0.540. The molecule has 0 aromatic heterocycles. The molecule has 2 atom stereocenters. The van der Waals surface area contributed by atoms with Gasteiger partial charge in [0.2, 0.25) is 0 Å². The second-order valence-electron chi connectivity index (χ2n) is 4.92. The van der Waals surface area contributed by atoms with Crippen molar-refractivity contribution in [1.29, 1.82) is 0 Å². The summed E-state index contributed by atoms with van der Waals surface area (Å²) in [4.78, 5) is 0. The van der Waals surface area contributed by atoms with Crippen LogP contribution in [0.25, 0.3) is 0 Å². The minimum atomic E-state index is -0.211. The van der Waals surface area contributed by atoms with Crippen molar-refractivity contribution in [2.45, 2.75) is 51.2 Å². The van der Waals surface area contributed by atoms with E-state index < -0.39 is 0 Å². The van der Waals surface area contributed by atoms with Crippen LogP contribution >= 0.6 is 15.9 Å². The first-order valence-corrected chi connectivity index (χ1v) is 7.17. The molecule has 2 nitrogen and oxygen atoms in total. The predicted octanol–water partition coefficient (Wildman–Crippen LogP) is 3.86. The minimum Gasteiger partial charge on any atom is -0.391 e. The maximum atomic E-state index is 10.1. The predicted molar refractivity (Wildman–Crippen MR) is 75.4 cm³/mol. The molecule has 1 fully saturated rings. The quantitative estimate of drug-likeness (QED) is 0.813. The largest absolute Gasteiger partial charge is 0.391 e. The van der Waals surface area contributed by atoms with Gasteiger partial charge in [0.05, 0.1) is 12.1 Å². The Kier molecular flexibility index (Phi) is 4.46. The number of nitrogens with one attached hydrogen (secondary N) is 1. The lowest BCUT2D eigenvalue weighted by atomic mass is 10.1.